The van der Waals surface area contributed by atoms with Crippen molar-refractivity contribution in [3.8, 4) is 6.07 Å². The third kappa shape index (κ3) is 2.82. The van der Waals surface area contributed by atoms with Gasteiger partial charge in [0.05, 0.1) is 23.2 Å². The maximum atomic E-state index is 9.68. The molecule has 2 heteroatoms. The summed E-state index contributed by atoms with van der Waals surface area (Å²) in [5.74, 6) is 0. The molecule has 3 fully saturated rings. The summed E-state index contributed by atoms with van der Waals surface area (Å²) in [6, 6.07) is 2.68. The minimum Gasteiger partial charge on any atom is -0.372 e. The fourth-order valence-corrected chi connectivity index (χ4v) is 4.63. The van der Waals surface area contributed by atoms with Gasteiger partial charge in [0, 0.05) is 0 Å². The Kier molecular flexibility index (Phi) is 3.85. The Hall–Kier alpha value is -0.550. The van der Waals surface area contributed by atoms with E-state index < -0.39 is 0 Å². The van der Waals surface area contributed by atoms with Crippen molar-refractivity contribution >= 4 is 0 Å². The maximum Gasteiger partial charge on any atom is 0.0690 e. The van der Waals surface area contributed by atoms with Gasteiger partial charge in [0.2, 0.25) is 0 Å². The molecule has 3 aliphatic rings. The van der Waals surface area contributed by atoms with Crippen LogP contribution >= 0.6 is 0 Å². The average molecular weight is 261 g/mol. The molecule has 1 unspecified atom stereocenters. The second kappa shape index (κ2) is 5.44. The van der Waals surface area contributed by atoms with Gasteiger partial charge in [-0.2, -0.15) is 5.26 Å². The van der Waals surface area contributed by atoms with E-state index in [1.807, 2.05) is 0 Å². The van der Waals surface area contributed by atoms with Crippen molar-refractivity contribution < 1.29 is 4.74 Å². The van der Waals surface area contributed by atoms with Crippen LogP contribution < -0.4 is 0 Å². The lowest BCUT2D eigenvalue weighted by Gasteiger charge is -2.30. The standard InChI is InChI=1S/C17H27NO/c18-14-16(8-3-1-2-4-9-16)13-15-7-12-17(19-15)10-5-6-11-17/h15H,1-13H2. The van der Waals surface area contributed by atoms with Gasteiger partial charge >= 0.3 is 0 Å². The van der Waals surface area contributed by atoms with Gasteiger partial charge in [-0.25, -0.2) is 0 Å². The summed E-state index contributed by atoms with van der Waals surface area (Å²) in [5, 5.41) is 9.68. The van der Waals surface area contributed by atoms with Crippen LogP contribution in [0.15, 0.2) is 0 Å². The largest absolute Gasteiger partial charge is 0.372 e. The molecule has 0 bridgehead atoms. The molecule has 1 spiro atoms. The van der Waals surface area contributed by atoms with Crippen LogP contribution in [-0.4, -0.2) is 11.7 Å². The normalized spacial score (nSPS) is 33.1. The predicted octanol–water partition coefficient (Wildman–Crippen LogP) is 4.73. The molecule has 1 aliphatic heterocycles. The molecule has 1 atom stereocenters. The highest BCUT2D eigenvalue weighted by Gasteiger charge is 2.45. The van der Waals surface area contributed by atoms with Crippen LogP contribution in [0.5, 0.6) is 0 Å². The van der Waals surface area contributed by atoms with E-state index in [1.54, 1.807) is 0 Å². The lowest BCUT2D eigenvalue weighted by Crippen LogP contribution is -2.29. The maximum absolute atomic E-state index is 9.68. The number of hydrogen-bond donors (Lipinski definition) is 0. The number of hydrogen-bond acceptors (Lipinski definition) is 2. The summed E-state index contributed by atoms with van der Waals surface area (Å²) in [6.07, 6.45) is 16.4. The Balaban J connectivity index is 1.62. The second-order valence-corrected chi connectivity index (χ2v) is 7.18. The van der Waals surface area contributed by atoms with E-state index in [0.717, 1.165) is 19.3 Å². The van der Waals surface area contributed by atoms with Crippen molar-refractivity contribution in [3.63, 3.8) is 0 Å². The lowest BCUT2D eigenvalue weighted by atomic mass is 9.77. The molecule has 0 amide bonds. The molecule has 0 aromatic heterocycles. The zero-order valence-corrected chi connectivity index (χ0v) is 12.1. The minimum atomic E-state index is -0.0642. The van der Waals surface area contributed by atoms with E-state index >= 15 is 0 Å². The zero-order chi connectivity index (χ0) is 13.2. The number of rotatable bonds is 2. The third-order valence-electron chi connectivity index (χ3n) is 5.77. The Bertz CT molecular complexity index is 343. The average Bonchev–Trinajstić information content (AvgIpc) is 2.97. The fraction of sp³-hybridized carbons (Fsp3) is 0.941. The highest BCUT2D eigenvalue weighted by atomic mass is 16.5. The van der Waals surface area contributed by atoms with Crippen molar-refractivity contribution in [1.82, 2.24) is 0 Å². The van der Waals surface area contributed by atoms with Gasteiger partial charge in [0.1, 0.15) is 0 Å². The first-order chi connectivity index (χ1) is 9.26. The van der Waals surface area contributed by atoms with Crippen molar-refractivity contribution in [2.75, 3.05) is 0 Å². The molecule has 1 heterocycles. The molecule has 3 rings (SSSR count). The Morgan fingerprint density at radius 2 is 1.53 bits per heavy atom. The van der Waals surface area contributed by atoms with Crippen molar-refractivity contribution in [1.29, 1.82) is 5.26 Å². The molecule has 19 heavy (non-hydrogen) atoms. The van der Waals surface area contributed by atoms with Crippen LogP contribution in [-0.2, 0) is 4.74 Å². The molecule has 2 nitrogen and oxygen atoms in total. The topological polar surface area (TPSA) is 33.0 Å². The molecule has 0 radical (unpaired) electrons. The molecular formula is C17H27NO. The number of nitriles is 1. The smallest absolute Gasteiger partial charge is 0.0690 e. The van der Waals surface area contributed by atoms with Gasteiger partial charge in [-0.05, 0) is 44.9 Å². The minimum absolute atomic E-state index is 0.0642. The second-order valence-electron chi connectivity index (χ2n) is 7.18. The van der Waals surface area contributed by atoms with Crippen molar-refractivity contribution in [2.45, 2.75) is 95.2 Å². The van der Waals surface area contributed by atoms with Gasteiger partial charge in [0.15, 0.2) is 0 Å². The van der Waals surface area contributed by atoms with Gasteiger partial charge in [-0.15, -0.1) is 0 Å². The van der Waals surface area contributed by atoms with E-state index in [4.69, 9.17) is 4.74 Å². The Labute approximate surface area is 117 Å². The number of ether oxygens (including phenoxy) is 1. The summed E-state index contributed by atoms with van der Waals surface area (Å²) in [6.45, 7) is 0. The summed E-state index contributed by atoms with van der Waals surface area (Å²) < 4.78 is 6.43. The molecule has 2 saturated carbocycles. The summed E-state index contributed by atoms with van der Waals surface area (Å²) in [7, 11) is 0. The first kappa shape index (κ1) is 13.4. The predicted molar refractivity (Wildman–Crippen MR) is 75.7 cm³/mol. The first-order valence-corrected chi connectivity index (χ1v) is 8.35. The molecule has 1 saturated heterocycles. The van der Waals surface area contributed by atoms with Crippen LogP contribution in [0.2, 0.25) is 0 Å². The van der Waals surface area contributed by atoms with E-state index in [0.29, 0.717) is 6.10 Å². The van der Waals surface area contributed by atoms with E-state index in [1.165, 1.54) is 64.2 Å². The Morgan fingerprint density at radius 3 is 2.16 bits per heavy atom. The zero-order valence-electron chi connectivity index (χ0n) is 12.1. The molecule has 106 valence electrons. The van der Waals surface area contributed by atoms with Gasteiger partial charge in [0.25, 0.3) is 0 Å². The molecule has 0 aromatic carbocycles. The monoisotopic (exact) mass is 261 g/mol. The summed E-state index contributed by atoms with van der Waals surface area (Å²) >= 11 is 0. The first-order valence-electron chi connectivity index (χ1n) is 8.35. The van der Waals surface area contributed by atoms with Crippen molar-refractivity contribution in [3.05, 3.63) is 0 Å². The van der Waals surface area contributed by atoms with E-state index in [9.17, 15) is 5.26 Å². The van der Waals surface area contributed by atoms with Crippen LogP contribution in [0.1, 0.15) is 83.5 Å². The summed E-state index contributed by atoms with van der Waals surface area (Å²) in [4.78, 5) is 0. The van der Waals surface area contributed by atoms with Gasteiger partial charge in [-0.1, -0.05) is 38.5 Å². The van der Waals surface area contributed by atoms with Gasteiger partial charge in [-0.3, -0.25) is 0 Å². The van der Waals surface area contributed by atoms with Crippen LogP contribution in [0.25, 0.3) is 0 Å². The third-order valence-corrected chi connectivity index (χ3v) is 5.77. The SMILES string of the molecule is N#CC1(CC2CCC3(CCCC3)O2)CCCCCC1. The van der Waals surface area contributed by atoms with E-state index in [-0.39, 0.29) is 11.0 Å². The van der Waals surface area contributed by atoms with Crippen molar-refractivity contribution in [2.24, 2.45) is 5.41 Å². The van der Waals surface area contributed by atoms with Crippen LogP contribution in [0.4, 0.5) is 0 Å². The number of nitrogens with zero attached hydrogens (tertiary/aromatic N) is 1. The highest BCUT2D eigenvalue weighted by molar-refractivity contribution is 5.03. The van der Waals surface area contributed by atoms with Crippen LogP contribution in [0, 0.1) is 16.7 Å². The fourth-order valence-electron chi connectivity index (χ4n) is 4.63. The lowest BCUT2D eigenvalue weighted by molar-refractivity contribution is -0.0498. The summed E-state index contributed by atoms with van der Waals surface area (Å²) in [5.41, 5.74) is 0.164. The molecule has 2 aliphatic carbocycles. The Morgan fingerprint density at radius 1 is 0.895 bits per heavy atom. The molecule has 0 N–H and O–H groups in total. The van der Waals surface area contributed by atoms with Gasteiger partial charge < -0.3 is 4.74 Å². The quantitative estimate of drug-likeness (QED) is 0.673. The van der Waals surface area contributed by atoms with Crippen LogP contribution in [0.3, 0.4) is 0 Å². The highest BCUT2D eigenvalue weighted by Crippen LogP contribution is 2.47. The molecule has 0 aromatic rings. The van der Waals surface area contributed by atoms with E-state index in [2.05, 4.69) is 6.07 Å². The molecular weight excluding hydrogens is 234 g/mol.